The summed E-state index contributed by atoms with van der Waals surface area (Å²) < 4.78 is 0. The van der Waals surface area contributed by atoms with Crippen LogP contribution in [-0.4, -0.2) is 23.2 Å². The molecule has 2 heterocycles. The second kappa shape index (κ2) is 8.35. The number of hydrogen-bond donors (Lipinski definition) is 1. The summed E-state index contributed by atoms with van der Waals surface area (Å²) in [4.78, 5) is 31.0. The van der Waals surface area contributed by atoms with Crippen molar-refractivity contribution in [2.24, 2.45) is 0 Å². The first-order valence-electron chi connectivity index (χ1n) is 9.26. The van der Waals surface area contributed by atoms with Crippen LogP contribution in [0.3, 0.4) is 0 Å². The second-order valence-electron chi connectivity index (χ2n) is 6.54. The number of pyridine rings is 1. The van der Waals surface area contributed by atoms with Gasteiger partial charge in [0.25, 0.3) is 5.91 Å². The van der Waals surface area contributed by atoms with Gasteiger partial charge in [0.1, 0.15) is 12.3 Å². The highest BCUT2D eigenvalue weighted by Gasteiger charge is 2.27. The predicted molar refractivity (Wildman–Crippen MR) is 113 cm³/mol. The van der Waals surface area contributed by atoms with E-state index in [-0.39, 0.29) is 5.91 Å². The zero-order valence-corrected chi connectivity index (χ0v) is 15.6. The van der Waals surface area contributed by atoms with E-state index in [1.165, 1.54) is 0 Å². The lowest BCUT2D eigenvalue weighted by Gasteiger charge is -2.33. The van der Waals surface area contributed by atoms with Crippen molar-refractivity contribution in [2.75, 3.05) is 4.90 Å². The quantitative estimate of drug-likeness (QED) is 0.683. The zero-order valence-electron chi connectivity index (χ0n) is 15.6. The smallest absolute Gasteiger partial charge is 0.255 e. The summed E-state index contributed by atoms with van der Waals surface area (Å²) >= 11 is 0. The minimum atomic E-state index is -0.655. The number of hydrogen-bond acceptors (Lipinski definition) is 4. The first-order valence-corrected chi connectivity index (χ1v) is 9.26. The Bertz CT molecular complexity index is 1060. The molecule has 1 amide bonds. The molecule has 5 heteroatoms. The third-order valence-corrected chi connectivity index (χ3v) is 4.65. The standard InChI is InChI=1S/C24H19N3O2/c28-17-23-22(26-24(29)18-9-3-1-4-10-18)15-19(21-13-7-8-14-25-21)16-27(23)20-11-5-2-6-12-20/h1-17,23H,(H,26,29). The Morgan fingerprint density at radius 3 is 2.28 bits per heavy atom. The van der Waals surface area contributed by atoms with Crippen molar-refractivity contribution in [3.63, 3.8) is 0 Å². The number of carbonyl (C=O) groups excluding carboxylic acids is 2. The number of nitrogens with zero attached hydrogens (tertiary/aromatic N) is 2. The van der Waals surface area contributed by atoms with Crippen molar-refractivity contribution in [2.45, 2.75) is 6.04 Å². The second-order valence-corrected chi connectivity index (χ2v) is 6.54. The van der Waals surface area contributed by atoms with Gasteiger partial charge >= 0.3 is 0 Å². The molecule has 1 aliphatic rings. The molecule has 0 saturated heterocycles. The van der Waals surface area contributed by atoms with Crippen LogP contribution in [0.4, 0.5) is 5.69 Å². The van der Waals surface area contributed by atoms with E-state index in [2.05, 4.69) is 10.3 Å². The van der Waals surface area contributed by atoms with Crippen LogP contribution in [0.1, 0.15) is 16.1 Å². The number of nitrogens with one attached hydrogen (secondary N) is 1. The van der Waals surface area contributed by atoms with Gasteiger partial charge in [-0.05, 0) is 42.5 Å². The van der Waals surface area contributed by atoms with E-state index < -0.39 is 6.04 Å². The number of amides is 1. The van der Waals surface area contributed by atoms with Gasteiger partial charge in [-0.15, -0.1) is 0 Å². The molecule has 1 aromatic heterocycles. The van der Waals surface area contributed by atoms with Crippen molar-refractivity contribution in [1.82, 2.24) is 10.3 Å². The molecule has 1 atom stereocenters. The van der Waals surface area contributed by atoms with Crippen LogP contribution in [0.2, 0.25) is 0 Å². The number of anilines is 1. The highest BCUT2D eigenvalue weighted by molar-refractivity contribution is 5.97. The number of aldehydes is 1. The van der Waals surface area contributed by atoms with E-state index in [0.717, 1.165) is 23.2 Å². The molecular formula is C24H19N3O2. The van der Waals surface area contributed by atoms with Crippen LogP contribution in [0.15, 0.2) is 103 Å². The lowest BCUT2D eigenvalue weighted by molar-refractivity contribution is -0.108. The molecule has 142 valence electrons. The average molecular weight is 381 g/mol. The molecular weight excluding hydrogens is 362 g/mol. The Kier molecular flexibility index (Phi) is 5.29. The number of rotatable bonds is 5. The molecule has 1 aliphatic heterocycles. The highest BCUT2D eigenvalue weighted by Crippen LogP contribution is 2.29. The number of para-hydroxylation sites is 1. The van der Waals surface area contributed by atoms with E-state index in [1.807, 2.05) is 71.8 Å². The van der Waals surface area contributed by atoms with Gasteiger partial charge in [-0.2, -0.15) is 0 Å². The van der Waals surface area contributed by atoms with E-state index in [1.54, 1.807) is 30.5 Å². The normalized spacial score (nSPS) is 15.9. The number of benzene rings is 2. The fourth-order valence-corrected chi connectivity index (χ4v) is 3.22. The molecule has 29 heavy (non-hydrogen) atoms. The molecule has 0 saturated carbocycles. The summed E-state index contributed by atoms with van der Waals surface area (Å²) in [6.07, 6.45) is 6.23. The average Bonchev–Trinajstić information content (AvgIpc) is 2.80. The van der Waals surface area contributed by atoms with Crippen LogP contribution < -0.4 is 10.2 Å². The van der Waals surface area contributed by atoms with E-state index in [0.29, 0.717) is 11.3 Å². The zero-order chi connectivity index (χ0) is 20.1. The Morgan fingerprint density at radius 1 is 0.931 bits per heavy atom. The van der Waals surface area contributed by atoms with Gasteiger partial charge in [0.15, 0.2) is 0 Å². The van der Waals surface area contributed by atoms with Crippen LogP contribution in [0.5, 0.6) is 0 Å². The maximum Gasteiger partial charge on any atom is 0.255 e. The largest absolute Gasteiger partial charge is 0.331 e. The Labute approximate surface area is 169 Å². The first kappa shape index (κ1) is 18.4. The summed E-state index contributed by atoms with van der Waals surface area (Å²) in [5.74, 6) is -0.265. The lowest BCUT2D eigenvalue weighted by Crippen LogP contribution is -2.42. The van der Waals surface area contributed by atoms with Gasteiger partial charge in [0.2, 0.25) is 0 Å². The van der Waals surface area contributed by atoms with Crippen molar-refractivity contribution in [3.05, 3.63) is 114 Å². The molecule has 1 unspecified atom stereocenters. The molecule has 0 aliphatic carbocycles. The van der Waals surface area contributed by atoms with Crippen LogP contribution in [0.25, 0.3) is 5.57 Å². The van der Waals surface area contributed by atoms with Gasteiger partial charge in [0.05, 0.1) is 5.69 Å². The molecule has 3 aromatic rings. The van der Waals surface area contributed by atoms with E-state index >= 15 is 0 Å². The van der Waals surface area contributed by atoms with Gasteiger partial charge < -0.3 is 15.0 Å². The van der Waals surface area contributed by atoms with Crippen molar-refractivity contribution in [1.29, 1.82) is 0 Å². The highest BCUT2D eigenvalue weighted by atomic mass is 16.1. The van der Waals surface area contributed by atoms with Crippen molar-refractivity contribution >= 4 is 23.5 Å². The maximum absolute atomic E-state index is 12.7. The molecule has 0 bridgehead atoms. The summed E-state index contributed by atoms with van der Waals surface area (Å²) in [7, 11) is 0. The Hall–Kier alpha value is -3.99. The van der Waals surface area contributed by atoms with Crippen molar-refractivity contribution < 1.29 is 9.59 Å². The number of carbonyl (C=O) groups is 2. The van der Waals surface area contributed by atoms with Gasteiger partial charge in [0, 0.05) is 34.9 Å². The Morgan fingerprint density at radius 2 is 1.62 bits per heavy atom. The fraction of sp³-hybridized carbons (Fsp3) is 0.0417. The molecule has 0 radical (unpaired) electrons. The molecule has 1 N–H and O–H groups in total. The van der Waals surface area contributed by atoms with E-state index in [9.17, 15) is 9.59 Å². The minimum absolute atomic E-state index is 0.265. The Balaban J connectivity index is 1.75. The minimum Gasteiger partial charge on any atom is -0.331 e. The van der Waals surface area contributed by atoms with Crippen LogP contribution >= 0.6 is 0 Å². The summed E-state index contributed by atoms with van der Waals surface area (Å²) in [5.41, 5.74) is 3.43. The van der Waals surface area contributed by atoms with Gasteiger partial charge in [-0.1, -0.05) is 42.5 Å². The maximum atomic E-state index is 12.7. The van der Waals surface area contributed by atoms with Crippen LogP contribution in [0, 0.1) is 0 Å². The monoisotopic (exact) mass is 381 g/mol. The third-order valence-electron chi connectivity index (χ3n) is 4.65. The molecule has 4 rings (SSSR count). The lowest BCUT2D eigenvalue weighted by atomic mass is 10.0. The van der Waals surface area contributed by atoms with Gasteiger partial charge in [-0.3, -0.25) is 9.78 Å². The number of allylic oxidation sites excluding steroid dienone is 2. The molecule has 0 spiro atoms. The van der Waals surface area contributed by atoms with Crippen LogP contribution in [-0.2, 0) is 4.79 Å². The SMILES string of the molecule is O=CC1C(NC(=O)c2ccccc2)=CC(c2ccccn2)=CN1c1ccccc1. The predicted octanol–water partition coefficient (Wildman–Crippen LogP) is 3.82. The molecule has 0 fully saturated rings. The first-order chi connectivity index (χ1) is 14.3. The summed E-state index contributed by atoms with van der Waals surface area (Å²) in [6.45, 7) is 0. The van der Waals surface area contributed by atoms with E-state index in [4.69, 9.17) is 0 Å². The topological polar surface area (TPSA) is 62.3 Å². The van der Waals surface area contributed by atoms with Crippen molar-refractivity contribution in [3.8, 4) is 0 Å². The summed E-state index contributed by atoms with van der Waals surface area (Å²) in [5, 5.41) is 2.92. The third kappa shape index (κ3) is 3.99. The molecule has 5 nitrogen and oxygen atoms in total. The number of aromatic nitrogens is 1. The fourth-order valence-electron chi connectivity index (χ4n) is 3.22. The molecule has 2 aromatic carbocycles. The summed E-state index contributed by atoms with van der Waals surface area (Å²) in [6, 6.07) is 23.5. The van der Waals surface area contributed by atoms with Gasteiger partial charge in [-0.25, -0.2) is 0 Å².